The molecule has 1 aromatic carbocycles. The van der Waals surface area contributed by atoms with Crippen LogP contribution in [0.2, 0.25) is 0 Å². The van der Waals surface area contributed by atoms with Gasteiger partial charge in [0.05, 0.1) is 0 Å². The number of hydrogen-bond donors (Lipinski definition) is 6. The van der Waals surface area contributed by atoms with E-state index < -0.39 is 13.4 Å². The molecule has 0 aromatic heterocycles. The highest BCUT2D eigenvalue weighted by Gasteiger charge is 1.92. The summed E-state index contributed by atoms with van der Waals surface area (Å²) in [5.41, 5.74) is 1.08. The lowest BCUT2D eigenvalue weighted by Gasteiger charge is -1.89. The highest BCUT2D eigenvalue weighted by Crippen LogP contribution is 2.26. The van der Waals surface area contributed by atoms with Gasteiger partial charge in [0.25, 0.3) is 0 Å². The van der Waals surface area contributed by atoms with Gasteiger partial charge in [0.2, 0.25) is 0 Å². The molecule has 0 aliphatic carbocycles. The summed E-state index contributed by atoms with van der Waals surface area (Å²) < 4.78 is 0. The van der Waals surface area contributed by atoms with Crippen molar-refractivity contribution in [3.8, 4) is 0 Å². The largest absolute Gasteiger partial charge is 0.325 e. The molecule has 0 aliphatic rings. The van der Waals surface area contributed by atoms with Crippen molar-refractivity contribution in [2.24, 2.45) is 0 Å². The van der Waals surface area contributed by atoms with Gasteiger partial charge in [0.1, 0.15) is 6.29 Å². The highest BCUT2D eigenvalue weighted by molar-refractivity contribution is 8.06. The van der Waals surface area contributed by atoms with Gasteiger partial charge < -0.3 is 34.2 Å². The van der Waals surface area contributed by atoms with Crippen molar-refractivity contribution in [1.82, 2.24) is 0 Å². The molecule has 0 amide bonds. The quantitative estimate of drug-likeness (QED) is 0.317. The lowest BCUT2D eigenvalue weighted by molar-refractivity contribution is -0.107. The first-order valence-corrected chi connectivity index (χ1v) is 9.79. The number of hydrogen-bond acceptors (Lipinski definition) is 3. The lowest BCUT2D eigenvalue weighted by Crippen LogP contribution is -1.82. The van der Waals surface area contributed by atoms with Gasteiger partial charge in [-0.1, -0.05) is 30.3 Å². The molecular formula is C8H14O7P2S2. The molecule has 19 heavy (non-hydrogen) atoms. The van der Waals surface area contributed by atoms with E-state index in [2.05, 4.69) is 23.6 Å². The van der Waals surface area contributed by atoms with Crippen LogP contribution in [-0.2, 0) is 34.8 Å². The fourth-order valence-corrected chi connectivity index (χ4v) is 0.710. The third kappa shape index (κ3) is 38.1. The average Bonchev–Trinajstić information content (AvgIpc) is 2.14. The van der Waals surface area contributed by atoms with E-state index in [1.807, 2.05) is 30.3 Å². The molecule has 1 rings (SSSR count). The SMILES string of the molecule is O=CCc1ccccc1.OP(O)(O)=S.OP(O)(O)=S. The molecule has 0 saturated carbocycles. The Morgan fingerprint density at radius 1 is 0.895 bits per heavy atom. The Morgan fingerprint density at radius 3 is 1.47 bits per heavy atom. The van der Waals surface area contributed by atoms with E-state index in [0.29, 0.717) is 6.42 Å². The summed E-state index contributed by atoms with van der Waals surface area (Å²) in [5, 5.41) is 0. The molecule has 7 nitrogen and oxygen atoms in total. The van der Waals surface area contributed by atoms with Crippen LogP contribution < -0.4 is 0 Å². The number of aldehydes is 1. The maximum Gasteiger partial charge on any atom is 0.319 e. The van der Waals surface area contributed by atoms with E-state index in [4.69, 9.17) is 29.4 Å². The van der Waals surface area contributed by atoms with Gasteiger partial charge in [-0.3, -0.25) is 0 Å². The molecule has 110 valence electrons. The van der Waals surface area contributed by atoms with Crippen LogP contribution in [0.4, 0.5) is 0 Å². The Morgan fingerprint density at radius 2 is 1.21 bits per heavy atom. The second-order valence-corrected chi connectivity index (χ2v) is 7.88. The van der Waals surface area contributed by atoms with E-state index in [-0.39, 0.29) is 0 Å². The van der Waals surface area contributed by atoms with Crippen LogP contribution in [0.25, 0.3) is 0 Å². The minimum Gasteiger partial charge on any atom is -0.325 e. The van der Waals surface area contributed by atoms with Gasteiger partial charge in [-0.15, -0.1) is 0 Å². The smallest absolute Gasteiger partial charge is 0.319 e. The van der Waals surface area contributed by atoms with Gasteiger partial charge in [-0.25, -0.2) is 0 Å². The van der Waals surface area contributed by atoms with Crippen LogP contribution in [0, 0.1) is 0 Å². The van der Waals surface area contributed by atoms with Gasteiger partial charge in [0.15, 0.2) is 0 Å². The minimum atomic E-state index is -3.81. The number of carbonyl (C=O) groups excluding carboxylic acids is 1. The molecule has 0 fully saturated rings. The van der Waals surface area contributed by atoms with Crippen molar-refractivity contribution in [1.29, 1.82) is 0 Å². The Bertz CT molecular complexity index is 405. The second-order valence-electron chi connectivity index (χ2n) is 2.88. The Hall–Kier alpha value is -0.0500. The van der Waals surface area contributed by atoms with E-state index in [1.165, 1.54) is 0 Å². The van der Waals surface area contributed by atoms with Crippen LogP contribution in [0.1, 0.15) is 5.56 Å². The summed E-state index contributed by atoms with van der Waals surface area (Å²) in [6.45, 7) is -7.61. The predicted octanol–water partition coefficient (Wildman–Crippen LogP) is -0.196. The number of carbonyl (C=O) groups is 1. The molecule has 0 aliphatic heterocycles. The zero-order chi connectivity index (χ0) is 15.5. The fraction of sp³-hybridized carbons (Fsp3) is 0.125. The fourth-order valence-electron chi connectivity index (χ4n) is 0.710. The first-order chi connectivity index (χ1) is 8.43. The molecule has 0 bridgehead atoms. The Labute approximate surface area is 120 Å². The molecule has 0 heterocycles. The third-order valence-corrected chi connectivity index (χ3v) is 1.16. The molecule has 6 N–H and O–H groups in total. The summed E-state index contributed by atoms with van der Waals surface area (Å²) in [4.78, 5) is 55.3. The van der Waals surface area contributed by atoms with Gasteiger partial charge >= 0.3 is 13.4 Å². The van der Waals surface area contributed by atoms with Crippen molar-refractivity contribution in [2.45, 2.75) is 6.42 Å². The van der Waals surface area contributed by atoms with Crippen molar-refractivity contribution >= 4 is 43.3 Å². The Kier molecular flexibility index (Phi) is 12.0. The monoisotopic (exact) mass is 348 g/mol. The molecule has 0 saturated heterocycles. The maximum absolute atomic E-state index is 9.97. The molecular weight excluding hydrogens is 334 g/mol. The summed E-state index contributed by atoms with van der Waals surface area (Å²) in [7, 11) is 0. The molecule has 0 unspecified atom stereocenters. The van der Waals surface area contributed by atoms with Gasteiger partial charge in [-0.05, 0) is 29.2 Å². The molecule has 0 spiro atoms. The van der Waals surface area contributed by atoms with Crippen LogP contribution in [0.5, 0.6) is 0 Å². The second kappa shape index (κ2) is 10.7. The standard InChI is InChI=1S/C8H8O.2H3O3PS/c9-7-6-8-4-2-1-3-5-8;2*1-4(2,3)5/h1-5,7H,6H2;2*(H3,1,2,3,5). The average molecular weight is 348 g/mol. The van der Waals surface area contributed by atoms with Crippen LogP contribution in [0.3, 0.4) is 0 Å². The minimum absolute atomic E-state index is 0.529. The van der Waals surface area contributed by atoms with E-state index >= 15 is 0 Å². The maximum atomic E-state index is 9.97. The van der Waals surface area contributed by atoms with Crippen LogP contribution in [-0.4, -0.2) is 35.6 Å². The number of rotatable bonds is 2. The van der Waals surface area contributed by atoms with Gasteiger partial charge in [-0.2, -0.15) is 0 Å². The summed E-state index contributed by atoms with van der Waals surface area (Å²) in [5.74, 6) is 0. The number of benzene rings is 1. The first kappa shape index (κ1) is 21.3. The molecule has 0 radical (unpaired) electrons. The zero-order valence-electron chi connectivity index (χ0n) is 9.47. The zero-order valence-corrected chi connectivity index (χ0v) is 12.9. The third-order valence-electron chi connectivity index (χ3n) is 1.16. The van der Waals surface area contributed by atoms with Crippen molar-refractivity contribution in [3.63, 3.8) is 0 Å². The Balaban J connectivity index is 0. The van der Waals surface area contributed by atoms with E-state index in [1.54, 1.807) is 0 Å². The van der Waals surface area contributed by atoms with Crippen LogP contribution >= 0.6 is 13.4 Å². The lowest BCUT2D eigenvalue weighted by atomic mass is 10.2. The molecule has 11 heteroatoms. The van der Waals surface area contributed by atoms with Crippen molar-refractivity contribution < 1.29 is 34.2 Å². The molecule has 0 atom stereocenters. The first-order valence-electron chi connectivity index (χ1n) is 4.47. The van der Waals surface area contributed by atoms with Crippen molar-refractivity contribution in [2.75, 3.05) is 0 Å². The summed E-state index contributed by atoms with van der Waals surface area (Å²) >= 11 is 7.21. The van der Waals surface area contributed by atoms with E-state index in [0.717, 1.165) is 11.8 Å². The van der Waals surface area contributed by atoms with Gasteiger partial charge in [0, 0.05) is 6.42 Å². The molecule has 1 aromatic rings. The predicted molar refractivity (Wildman–Crippen MR) is 78.1 cm³/mol. The van der Waals surface area contributed by atoms with E-state index in [9.17, 15) is 4.79 Å². The summed E-state index contributed by atoms with van der Waals surface area (Å²) in [6.07, 6.45) is 1.44. The normalized spacial score (nSPS) is 10.4. The topological polar surface area (TPSA) is 138 Å². The van der Waals surface area contributed by atoms with Crippen molar-refractivity contribution in [3.05, 3.63) is 35.9 Å². The highest BCUT2D eigenvalue weighted by atomic mass is 32.5. The summed E-state index contributed by atoms with van der Waals surface area (Å²) in [6, 6.07) is 9.68. The van der Waals surface area contributed by atoms with Crippen LogP contribution in [0.15, 0.2) is 30.3 Å².